The van der Waals surface area contributed by atoms with Crippen molar-refractivity contribution in [3.63, 3.8) is 0 Å². The van der Waals surface area contributed by atoms with E-state index in [1.165, 1.54) is 4.90 Å². The minimum Gasteiger partial charge on any atom is -0.378 e. The van der Waals surface area contributed by atoms with E-state index in [9.17, 15) is 9.59 Å². The van der Waals surface area contributed by atoms with E-state index in [1.54, 1.807) is 0 Å². The summed E-state index contributed by atoms with van der Waals surface area (Å²) in [6, 6.07) is 15.8. The minimum absolute atomic E-state index is 0.0518. The molecule has 0 saturated heterocycles. The average molecular weight is 384 g/mol. The summed E-state index contributed by atoms with van der Waals surface area (Å²) in [4.78, 5) is 27.8. The van der Waals surface area contributed by atoms with Crippen LogP contribution in [0.25, 0.3) is 0 Å². The van der Waals surface area contributed by atoms with E-state index in [-0.39, 0.29) is 6.04 Å². The van der Waals surface area contributed by atoms with Gasteiger partial charge < -0.3 is 20.4 Å². The Morgan fingerprint density at radius 1 is 1.00 bits per heavy atom. The van der Waals surface area contributed by atoms with Gasteiger partial charge in [-0.15, -0.1) is 0 Å². The van der Waals surface area contributed by atoms with Crippen LogP contribution in [-0.2, 0) is 16.0 Å². The Bertz CT molecular complexity index is 800. The standard InChI is InChI=1S/C22H30N4O2/c1-6-16-9-7-8-10-19(16)24-22(28)21(27)23-15-20(26(4)5)17-11-13-18(14-12-17)25(2)3/h7-14,20H,6,15H2,1-5H3,(H,23,27)(H,24,28)/p+1/t20-/m0/s1. The van der Waals surface area contributed by atoms with Crippen molar-refractivity contribution in [2.24, 2.45) is 0 Å². The summed E-state index contributed by atoms with van der Waals surface area (Å²) >= 11 is 0. The van der Waals surface area contributed by atoms with Gasteiger partial charge in [-0.3, -0.25) is 9.59 Å². The first-order valence-corrected chi connectivity index (χ1v) is 9.57. The zero-order valence-corrected chi connectivity index (χ0v) is 17.4. The van der Waals surface area contributed by atoms with E-state index >= 15 is 0 Å². The van der Waals surface area contributed by atoms with Crippen LogP contribution < -0.4 is 20.4 Å². The number of quaternary nitrogens is 1. The second kappa shape index (κ2) is 9.90. The van der Waals surface area contributed by atoms with Gasteiger partial charge in [-0.1, -0.05) is 37.3 Å². The second-order valence-corrected chi connectivity index (χ2v) is 7.29. The molecule has 0 heterocycles. The number of carbonyl (C=O) groups excluding carboxylic acids is 2. The third-order valence-electron chi connectivity index (χ3n) is 4.83. The Balaban J connectivity index is 2.00. The molecular formula is C22H31N4O2+. The number of nitrogens with zero attached hydrogens (tertiary/aromatic N) is 1. The van der Waals surface area contributed by atoms with Gasteiger partial charge in [-0.05, 0) is 30.2 Å². The SMILES string of the molecule is CCc1ccccc1NC(=O)C(=O)NC[C@@H](c1ccc(N(C)C)cc1)[NH+](C)C. The summed E-state index contributed by atoms with van der Waals surface area (Å²) in [5.41, 5.74) is 3.91. The number of hydrogen-bond acceptors (Lipinski definition) is 3. The Labute approximate surface area is 167 Å². The molecule has 1 atom stereocenters. The molecule has 2 rings (SSSR count). The molecule has 0 aliphatic carbocycles. The van der Waals surface area contributed by atoms with Crippen LogP contribution in [0.2, 0.25) is 0 Å². The smallest absolute Gasteiger partial charge is 0.313 e. The predicted octanol–water partition coefficient (Wildman–Crippen LogP) is 1.26. The molecule has 150 valence electrons. The molecule has 2 amide bonds. The van der Waals surface area contributed by atoms with Crippen molar-refractivity contribution in [2.45, 2.75) is 19.4 Å². The zero-order chi connectivity index (χ0) is 20.7. The maximum Gasteiger partial charge on any atom is 0.313 e. The highest BCUT2D eigenvalue weighted by Crippen LogP contribution is 2.17. The van der Waals surface area contributed by atoms with Gasteiger partial charge in [0.25, 0.3) is 0 Å². The van der Waals surface area contributed by atoms with Gasteiger partial charge in [-0.2, -0.15) is 0 Å². The summed E-state index contributed by atoms with van der Waals surface area (Å²) < 4.78 is 0. The third-order valence-corrected chi connectivity index (χ3v) is 4.83. The van der Waals surface area contributed by atoms with Crippen molar-refractivity contribution < 1.29 is 14.5 Å². The first-order valence-electron chi connectivity index (χ1n) is 9.57. The van der Waals surface area contributed by atoms with Crippen LogP contribution in [0, 0.1) is 0 Å². The lowest BCUT2D eigenvalue weighted by Gasteiger charge is -2.23. The lowest BCUT2D eigenvalue weighted by molar-refractivity contribution is -0.890. The van der Waals surface area contributed by atoms with Crippen molar-refractivity contribution >= 4 is 23.2 Å². The summed E-state index contributed by atoms with van der Waals surface area (Å²) in [6.07, 6.45) is 0.785. The Morgan fingerprint density at radius 3 is 2.21 bits per heavy atom. The second-order valence-electron chi connectivity index (χ2n) is 7.29. The Hall–Kier alpha value is -2.86. The van der Waals surface area contributed by atoms with E-state index in [2.05, 4.69) is 34.9 Å². The first kappa shape index (κ1) is 21.4. The summed E-state index contributed by atoms with van der Waals surface area (Å²) in [6.45, 7) is 2.39. The van der Waals surface area contributed by atoms with Gasteiger partial charge in [0.1, 0.15) is 6.04 Å². The van der Waals surface area contributed by atoms with Crippen LogP contribution in [0.3, 0.4) is 0 Å². The van der Waals surface area contributed by atoms with E-state index in [0.717, 1.165) is 23.2 Å². The van der Waals surface area contributed by atoms with E-state index in [4.69, 9.17) is 0 Å². The molecule has 0 bridgehead atoms. The molecule has 0 aromatic heterocycles. The van der Waals surface area contributed by atoms with Crippen LogP contribution >= 0.6 is 0 Å². The Kier molecular flexibility index (Phi) is 7.58. The lowest BCUT2D eigenvalue weighted by Crippen LogP contribution is -3.07. The molecule has 6 heteroatoms. The van der Waals surface area contributed by atoms with Gasteiger partial charge in [0, 0.05) is 31.0 Å². The molecule has 0 radical (unpaired) electrons. The van der Waals surface area contributed by atoms with E-state index in [1.807, 2.05) is 64.3 Å². The van der Waals surface area contributed by atoms with Crippen molar-refractivity contribution in [3.05, 3.63) is 59.7 Å². The first-order chi connectivity index (χ1) is 13.3. The monoisotopic (exact) mass is 383 g/mol. The van der Waals surface area contributed by atoms with Crippen LogP contribution in [0.5, 0.6) is 0 Å². The highest BCUT2D eigenvalue weighted by molar-refractivity contribution is 6.39. The van der Waals surface area contributed by atoms with Gasteiger partial charge in [-0.25, -0.2) is 0 Å². The zero-order valence-electron chi connectivity index (χ0n) is 17.4. The molecule has 0 aliphatic heterocycles. The molecule has 2 aromatic carbocycles. The van der Waals surface area contributed by atoms with Crippen molar-refractivity contribution in [3.8, 4) is 0 Å². The number of hydrogen-bond donors (Lipinski definition) is 3. The van der Waals surface area contributed by atoms with Crippen LogP contribution in [0.4, 0.5) is 11.4 Å². The molecule has 0 unspecified atom stereocenters. The van der Waals surface area contributed by atoms with Gasteiger partial charge in [0.2, 0.25) is 0 Å². The van der Waals surface area contributed by atoms with Gasteiger partial charge in [0.05, 0.1) is 20.6 Å². The van der Waals surface area contributed by atoms with Crippen LogP contribution in [0.1, 0.15) is 24.1 Å². The molecule has 3 N–H and O–H groups in total. The molecule has 2 aromatic rings. The number of amides is 2. The third kappa shape index (κ3) is 5.57. The number of carbonyl (C=O) groups is 2. The topological polar surface area (TPSA) is 65.9 Å². The maximum absolute atomic E-state index is 12.3. The lowest BCUT2D eigenvalue weighted by atomic mass is 10.1. The summed E-state index contributed by atoms with van der Waals surface area (Å²) in [5, 5.41) is 5.49. The molecule has 0 fully saturated rings. The minimum atomic E-state index is -0.642. The fourth-order valence-corrected chi connectivity index (χ4v) is 3.06. The maximum atomic E-state index is 12.3. The highest BCUT2D eigenvalue weighted by Gasteiger charge is 2.21. The number of aryl methyl sites for hydroxylation is 1. The van der Waals surface area contributed by atoms with Gasteiger partial charge in [0.15, 0.2) is 0 Å². The molecule has 0 aliphatic rings. The number of para-hydroxylation sites is 1. The number of anilines is 2. The summed E-state index contributed by atoms with van der Waals surface area (Å²) in [7, 11) is 8.07. The number of nitrogens with one attached hydrogen (secondary N) is 3. The number of likely N-dealkylation sites (N-methyl/N-ethyl adjacent to an activating group) is 1. The molecule has 28 heavy (non-hydrogen) atoms. The molecule has 6 nitrogen and oxygen atoms in total. The quantitative estimate of drug-likeness (QED) is 0.631. The van der Waals surface area contributed by atoms with Crippen LogP contribution in [0.15, 0.2) is 48.5 Å². The molecule has 0 saturated carbocycles. The normalized spacial score (nSPS) is 11.8. The summed E-state index contributed by atoms with van der Waals surface area (Å²) in [5.74, 6) is -1.27. The molecular weight excluding hydrogens is 352 g/mol. The van der Waals surface area contributed by atoms with Crippen molar-refractivity contribution in [1.82, 2.24) is 5.32 Å². The Morgan fingerprint density at radius 2 is 1.64 bits per heavy atom. The van der Waals surface area contributed by atoms with E-state index in [0.29, 0.717) is 12.2 Å². The van der Waals surface area contributed by atoms with Gasteiger partial charge >= 0.3 is 11.8 Å². The predicted molar refractivity (Wildman–Crippen MR) is 114 cm³/mol. The number of rotatable bonds is 7. The highest BCUT2D eigenvalue weighted by atomic mass is 16.2. The fraction of sp³-hybridized carbons (Fsp3) is 0.364. The van der Waals surface area contributed by atoms with Crippen molar-refractivity contribution in [2.75, 3.05) is 45.0 Å². The molecule has 0 spiro atoms. The van der Waals surface area contributed by atoms with E-state index < -0.39 is 11.8 Å². The van der Waals surface area contributed by atoms with Crippen LogP contribution in [-0.4, -0.2) is 46.5 Å². The largest absolute Gasteiger partial charge is 0.378 e. The average Bonchev–Trinajstić information content (AvgIpc) is 2.68. The van der Waals surface area contributed by atoms with Crippen molar-refractivity contribution in [1.29, 1.82) is 0 Å². The number of benzene rings is 2. The fourth-order valence-electron chi connectivity index (χ4n) is 3.06.